The van der Waals surface area contributed by atoms with Gasteiger partial charge >= 0.3 is 0 Å². The van der Waals surface area contributed by atoms with Gasteiger partial charge in [-0.05, 0) is 31.7 Å². The van der Waals surface area contributed by atoms with E-state index in [-0.39, 0.29) is 5.91 Å². The molecule has 0 aromatic rings. The second-order valence-corrected chi connectivity index (χ2v) is 5.04. The van der Waals surface area contributed by atoms with Gasteiger partial charge in [-0.1, -0.05) is 0 Å². The predicted molar refractivity (Wildman–Crippen MR) is 68.4 cm³/mol. The van der Waals surface area contributed by atoms with Gasteiger partial charge in [0.1, 0.15) is 0 Å². The molecule has 1 N–H and O–H groups in total. The number of nitrogens with zero attached hydrogens (tertiary/aromatic N) is 1. The van der Waals surface area contributed by atoms with E-state index < -0.39 is 0 Å². The fraction of sp³-hybridized carbons (Fsp3) is 0.923. The van der Waals surface area contributed by atoms with Crippen molar-refractivity contribution in [2.24, 2.45) is 5.92 Å². The molecule has 2 fully saturated rings. The van der Waals surface area contributed by atoms with Crippen LogP contribution in [0.1, 0.15) is 19.3 Å². The van der Waals surface area contributed by atoms with Gasteiger partial charge < -0.3 is 19.7 Å². The van der Waals surface area contributed by atoms with E-state index in [0.717, 1.165) is 45.2 Å². The SMILES string of the molecule is O=C(CNCCCOCC1CC1)N1CCOCC1. The van der Waals surface area contributed by atoms with Gasteiger partial charge in [0.2, 0.25) is 5.91 Å². The summed E-state index contributed by atoms with van der Waals surface area (Å²) in [4.78, 5) is 13.6. The van der Waals surface area contributed by atoms with E-state index in [1.165, 1.54) is 12.8 Å². The van der Waals surface area contributed by atoms with E-state index in [0.29, 0.717) is 19.8 Å². The van der Waals surface area contributed by atoms with Gasteiger partial charge in [-0.25, -0.2) is 0 Å². The lowest BCUT2D eigenvalue weighted by Gasteiger charge is -2.26. The van der Waals surface area contributed by atoms with E-state index in [9.17, 15) is 4.79 Å². The molecule has 1 aliphatic carbocycles. The lowest BCUT2D eigenvalue weighted by atomic mass is 10.4. The molecule has 0 aromatic heterocycles. The highest BCUT2D eigenvalue weighted by molar-refractivity contribution is 5.78. The van der Waals surface area contributed by atoms with Crippen LogP contribution in [0.2, 0.25) is 0 Å². The first-order valence-electron chi connectivity index (χ1n) is 7.00. The van der Waals surface area contributed by atoms with Crippen LogP contribution in [-0.2, 0) is 14.3 Å². The predicted octanol–water partition coefficient (Wildman–Crippen LogP) is 0.252. The van der Waals surface area contributed by atoms with Crippen molar-refractivity contribution in [3.8, 4) is 0 Å². The first-order chi connectivity index (χ1) is 8.86. The minimum Gasteiger partial charge on any atom is -0.381 e. The highest BCUT2D eigenvalue weighted by Crippen LogP contribution is 2.28. The monoisotopic (exact) mass is 256 g/mol. The van der Waals surface area contributed by atoms with Crippen molar-refractivity contribution < 1.29 is 14.3 Å². The molecule has 5 heteroatoms. The Labute approximate surface area is 109 Å². The lowest BCUT2D eigenvalue weighted by molar-refractivity contribution is -0.134. The van der Waals surface area contributed by atoms with Crippen molar-refractivity contribution in [3.63, 3.8) is 0 Å². The first-order valence-corrected chi connectivity index (χ1v) is 7.00. The summed E-state index contributed by atoms with van der Waals surface area (Å²) in [5.41, 5.74) is 0. The fourth-order valence-electron chi connectivity index (χ4n) is 1.95. The molecule has 0 bridgehead atoms. The van der Waals surface area contributed by atoms with E-state index in [2.05, 4.69) is 5.32 Å². The number of hydrogen-bond acceptors (Lipinski definition) is 4. The fourth-order valence-corrected chi connectivity index (χ4v) is 1.95. The Morgan fingerprint density at radius 3 is 2.83 bits per heavy atom. The molecular weight excluding hydrogens is 232 g/mol. The normalized spacial score (nSPS) is 20.1. The van der Waals surface area contributed by atoms with E-state index in [4.69, 9.17) is 9.47 Å². The lowest BCUT2D eigenvalue weighted by Crippen LogP contribution is -2.44. The molecule has 1 saturated carbocycles. The minimum atomic E-state index is 0.178. The Morgan fingerprint density at radius 2 is 2.11 bits per heavy atom. The third kappa shape index (κ3) is 5.33. The summed E-state index contributed by atoms with van der Waals surface area (Å²) in [6.45, 7) is 5.79. The standard InChI is InChI=1S/C13H24N2O3/c16-13(15-5-8-17-9-6-15)10-14-4-1-7-18-11-12-2-3-12/h12,14H,1-11H2. The molecule has 18 heavy (non-hydrogen) atoms. The summed E-state index contributed by atoms with van der Waals surface area (Å²) < 4.78 is 10.7. The number of hydrogen-bond donors (Lipinski definition) is 1. The van der Waals surface area contributed by atoms with Crippen molar-refractivity contribution in [1.82, 2.24) is 10.2 Å². The van der Waals surface area contributed by atoms with Crippen LogP contribution in [0.15, 0.2) is 0 Å². The van der Waals surface area contributed by atoms with Crippen LogP contribution >= 0.6 is 0 Å². The summed E-state index contributed by atoms with van der Waals surface area (Å²) in [5, 5.41) is 3.17. The summed E-state index contributed by atoms with van der Waals surface area (Å²) in [6.07, 6.45) is 3.65. The average Bonchev–Trinajstić information content (AvgIpc) is 3.22. The molecule has 5 nitrogen and oxygen atoms in total. The number of carbonyl (C=O) groups is 1. The Kier molecular flexibility index (Phi) is 5.90. The zero-order valence-corrected chi connectivity index (χ0v) is 11.0. The van der Waals surface area contributed by atoms with Crippen LogP contribution in [0, 0.1) is 5.92 Å². The van der Waals surface area contributed by atoms with Crippen LogP contribution in [-0.4, -0.2) is 63.4 Å². The zero-order chi connectivity index (χ0) is 12.6. The maximum atomic E-state index is 11.8. The molecule has 0 spiro atoms. The minimum absolute atomic E-state index is 0.178. The number of amides is 1. The molecule has 1 heterocycles. The van der Waals surface area contributed by atoms with E-state index in [1.54, 1.807) is 0 Å². The number of morpholine rings is 1. The maximum Gasteiger partial charge on any atom is 0.236 e. The molecule has 2 rings (SSSR count). The highest BCUT2D eigenvalue weighted by Gasteiger charge is 2.20. The van der Waals surface area contributed by atoms with Crippen LogP contribution in [0.5, 0.6) is 0 Å². The summed E-state index contributed by atoms with van der Waals surface area (Å²) in [5.74, 6) is 1.01. The van der Waals surface area contributed by atoms with E-state index in [1.807, 2.05) is 4.90 Å². The van der Waals surface area contributed by atoms with E-state index >= 15 is 0 Å². The van der Waals surface area contributed by atoms with Crippen molar-refractivity contribution in [2.45, 2.75) is 19.3 Å². The second-order valence-electron chi connectivity index (χ2n) is 5.04. The van der Waals surface area contributed by atoms with Gasteiger partial charge in [-0.15, -0.1) is 0 Å². The van der Waals surface area contributed by atoms with Crippen molar-refractivity contribution in [1.29, 1.82) is 0 Å². The molecular formula is C13H24N2O3. The molecule has 1 saturated heterocycles. The Balaban J connectivity index is 1.40. The molecule has 0 atom stereocenters. The first kappa shape index (κ1) is 13.8. The van der Waals surface area contributed by atoms with Gasteiger partial charge in [-0.2, -0.15) is 0 Å². The van der Waals surface area contributed by atoms with Crippen molar-refractivity contribution in [2.75, 3.05) is 52.6 Å². The Morgan fingerprint density at radius 1 is 1.33 bits per heavy atom. The summed E-state index contributed by atoms with van der Waals surface area (Å²) in [6, 6.07) is 0. The molecule has 0 aromatic carbocycles. The zero-order valence-electron chi connectivity index (χ0n) is 11.0. The third-order valence-electron chi connectivity index (χ3n) is 3.33. The van der Waals surface area contributed by atoms with Gasteiger partial charge in [-0.3, -0.25) is 4.79 Å². The molecule has 0 unspecified atom stereocenters. The smallest absolute Gasteiger partial charge is 0.236 e. The van der Waals surface area contributed by atoms with Gasteiger partial charge in [0, 0.05) is 26.3 Å². The summed E-state index contributed by atoms with van der Waals surface area (Å²) >= 11 is 0. The highest BCUT2D eigenvalue weighted by atomic mass is 16.5. The number of carbonyl (C=O) groups excluding carboxylic acids is 1. The number of nitrogens with one attached hydrogen (secondary N) is 1. The van der Waals surface area contributed by atoms with Crippen LogP contribution in [0.3, 0.4) is 0 Å². The Bertz CT molecular complexity index is 251. The quantitative estimate of drug-likeness (QED) is 0.633. The molecule has 1 aliphatic heterocycles. The van der Waals surface area contributed by atoms with Gasteiger partial charge in [0.15, 0.2) is 0 Å². The maximum absolute atomic E-state index is 11.8. The van der Waals surface area contributed by atoms with Gasteiger partial charge in [0.05, 0.1) is 19.8 Å². The van der Waals surface area contributed by atoms with Crippen LogP contribution in [0.4, 0.5) is 0 Å². The molecule has 2 aliphatic rings. The van der Waals surface area contributed by atoms with Crippen molar-refractivity contribution in [3.05, 3.63) is 0 Å². The topological polar surface area (TPSA) is 50.8 Å². The average molecular weight is 256 g/mol. The van der Waals surface area contributed by atoms with Crippen LogP contribution in [0.25, 0.3) is 0 Å². The Hall–Kier alpha value is -0.650. The van der Waals surface area contributed by atoms with Crippen LogP contribution < -0.4 is 5.32 Å². The molecule has 104 valence electrons. The number of rotatable bonds is 8. The number of ether oxygens (including phenoxy) is 2. The molecule has 0 radical (unpaired) electrons. The second kappa shape index (κ2) is 7.71. The van der Waals surface area contributed by atoms with Crippen molar-refractivity contribution >= 4 is 5.91 Å². The molecule has 1 amide bonds. The summed E-state index contributed by atoms with van der Waals surface area (Å²) in [7, 11) is 0. The van der Waals surface area contributed by atoms with Gasteiger partial charge in [0.25, 0.3) is 0 Å². The third-order valence-corrected chi connectivity index (χ3v) is 3.33. The largest absolute Gasteiger partial charge is 0.381 e.